The number of nitrogens with two attached hydrogens (primary N) is 1. The SMILES string of the molecule is N[C@H](Cc1cccc2ccccc12)CS(=O)(=O)O. The van der Waals surface area contributed by atoms with Crippen LogP contribution in [0.2, 0.25) is 0 Å². The zero-order valence-corrected chi connectivity index (χ0v) is 10.6. The van der Waals surface area contributed by atoms with E-state index in [0.29, 0.717) is 6.42 Å². The average molecular weight is 265 g/mol. The Kier molecular flexibility index (Phi) is 3.65. The van der Waals surface area contributed by atoms with E-state index in [-0.39, 0.29) is 0 Å². The molecule has 0 heterocycles. The van der Waals surface area contributed by atoms with E-state index in [9.17, 15) is 8.42 Å². The van der Waals surface area contributed by atoms with Crippen molar-refractivity contribution in [3.63, 3.8) is 0 Å². The van der Waals surface area contributed by atoms with Crippen LogP contribution in [0.4, 0.5) is 0 Å². The monoisotopic (exact) mass is 265 g/mol. The van der Waals surface area contributed by atoms with Crippen LogP contribution in [-0.4, -0.2) is 24.8 Å². The summed E-state index contributed by atoms with van der Waals surface area (Å²) in [6, 6.07) is 13.1. The highest BCUT2D eigenvalue weighted by Gasteiger charge is 2.14. The molecule has 0 aliphatic rings. The van der Waals surface area contributed by atoms with Crippen LogP contribution >= 0.6 is 0 Å². The van der Waals surface area contributed by atoms with Gasteiger partial charge in [0, 0.05) is 6.04 Å². The molecule has 0 spiro atoms. The topological polar surface area (TPSA) is 80.4 Å². The second-order valence-corrected chi connectivity index (χ2v) is 5.85. The van der Waals surface area contributed by atoms with Crippen molar-refractivity contribution in [3.8, 4) is 0 Å². The fourth-order valence-corrected chi connectivity index (χ4v) is 2.74. The number of rotatable bonds is 4. The first-order chi connectivity index (χ1) is 8.46. The van der Waals surface area contributed by atoms with Gasteiger partial charge < -0.3 is 5.73 Å². The molecule has 2 rings (SSSR count). The first-order valence-corrected chi connectivity index (χ1v) is 7.24. The normalized spacial score (nSPS) is 13.7. The highest BCUT2D eigenvalue weighted by molar-refractivity contribution is 7.85. The zero-order valence-electron chi connectivity index (χ0n) is 9.78. The van der Waals surface area contributed by atoms with Gasteiger partial charge in [0.15, 0.2) is 0 Å². The van der Waals surface area contributed by atoms with Crippen LogP contribution in [0, 0.1) is 0 Å². The summed E-state index contributed by atoms with van der Waals surface area (Å²) in [4.78, 5) is 0. The van der Waals surface area contributed by atoms with Crippen LogP contribution < -0.4 is 5.73 Å². The van der Waals surface area contributed by atoms with Crippen molar-refractivity contribution in [2.75, 3.05) is 5.75 Å². The van der Waals surface area contributed by atoms with Crippen molar-refractivity contribution in [1.82, 2.24) is 0 Å². The lowest BCUT2D eigenvalue weighted by Gasteiger charge is -2.11. The maximum absolute atomic E-state index is 10.8. The lowest BCUT2D eigenvalue weighted by molar-refractivity contribution is 0.476. The summed E-state index contributed by atoms with van der Waals surface area (Å²) in [5.74, 6) is -0.420. The second-order valence-electron chi connectivity index (χ2n) is 4.35. The van der Waals surface area contributed by atoms with Gasteiger partial charge in [0.05, 0.1) is 5.75 Å². The minimum absolute atomic E-state index is 0.418. The molecule has 0 aliphatic heterocycles. The standard InChI is InChI=1S/C13H15NO3S/c14-12(9-18(15,16)17)8-11-6-3-5-10-4-1-2-7-13(10)11/h1-7,12H,8-9,14H2,(H,15,16,17)/t12-/m1/s1. The van der Waals surface area contributed by atoms with E-state index in [1.807, 2.05) is 42.5 Å². The van der Waals surface area contributed by atoms with E-state index in [0.717, 1.165) is 16.3 Å². The molecule has 1 atom stereocenters. The molecule has 0 radical (unpaired) electrons. The quantitative estimate of drug-likeness (QED) is 0.823. The predicted molar refractivity (Wildman–Crippen MR) is 72.0 cm³/mol. The minimum Gasteiger partial charge on any atom is -0.326 e. The fourth-order valence-electron chi connectivity index (χ4n) is 2.08. The highest BCUT2D eigenvalue weighted by Crippen LogP contribution is 2.19. The summed E-state index contributed by atoms with van der Waals surface area (Å²) < 4.78 is 30.3. The van der Waals surface area contributed by atoms with Gasteiger partial charge in [-0.15, -0.1) is 0 Å². The lowest BCUT2D eigenvalue weighted by Crippen LogP contribution is -2.31. The molecule has 0 bridgehead atoms. The Morgan fingerprint density at radius 3 is 2.50 bits per heavy atom. The van der Waals surface area contributed by atoms with Crippen LogP contribution in [0.25, 0.3) is 10.8 Å². The summed E-state index contributed by atoms with van der Waals surface area (Å²) in [5.41, 5.74) is 6.73. The number of benzene rings is 2. The minimum atomic E-state index is -4.02. The van der Waals surface area contributed by atoms with Gasteiger partial charge in [-0.25, -0.2) is 0 Å². The Bertz CT molecular complexity index is 647. The van der Waals surface area contributed by atoms with Crippen molar-refractivity contribution in [1.29, 1.82) is 0 Å². The van der Waals surface area contributed by atoms with Gasteiger partial charge in [-0.2, -0.15) is 8.42 Å². The van der Waals surface area contributed by atoms with Crippen molar-refractivity contribution in [2.45, 2.75) is 12.5 Å². The molecule has 0 unspecified atom stereocenters. The molecule has 18 heavy (non-hydrogen) atoms. The summed E-state index contributed by atoms with van der Waals surface area (Å²) in [6.45, 7) is 0. The van der Waals surface area contributed by atoms with E-state index >= 15 is 0 Å². The molecular weight excluding hydrogens is 250 g/mol. The molecule has 5 heteroatoms. The highest BCUT2D eigenvalue weighted by atomic mass is 32.2. The van der Waals surface area contributed by atoms with Crippen LogP contribution in [0.15, 0.2) is 42.5 Å². The van der Waals surface area contributed by atoms with Gasteiger partial charge in [0.2, 0.25) is 0 Å². The molecule has 2 aromatic carbocycles. The smallest absolute Gasteiger partial charge is 0.266 e. The van der Waals surface area contributed by atoms with Crippen molar-refractivity contribution in [2.24, 2.45) is 5.73 Å². The molecule has 96 valence electrons. The molecule has 0 aromatic heterocycles. The maximum Gasteiger partial charge on any atom is 0.266 e. The van der Waals surface area contributed by atoms with Gasteiger partial charge in [-0.05, 0) is 22.8 Å². The third-order valence-corrected chi connectivity index (χ3v) is 3.64. The molecule has 0 amide bonds. The van der Waals surface area contributed by atoms with Gasteiger partial charge in [0.1, 0.15) is 0 Å². The second kappa shape index (κ2) is 5.06. The van der Waals surface area contributed by atoms with E-state index < -0.39 is 21.9 Å². The Labute approximate surface area is 106 Å². The third kappa shape index (κ3) is 3.29. The fraction of sp³-hybridized carbons (Fsp3) is 0.231. The van der Waals surface area contributed by atoms with Gasteiger partial charge in [0.25, 0.3) is 10.1 Å². The average Bonchev–Trinajstić information content (AvgIpc) is 2.27. The Morgan fingerprint density at radius 2 is 1.78 bits per heavy atom. The first-order valence-electron chi connectivity index (χ1n) is 5.63. The van der Waals surface area contributed by atoms with Crippen molar-refractivity contribution in [3.05, 3.63) is 48.0 Å². The Balaban J connectivity index is 2.27. The lowest BCUT2D eigenvalue weighted by atomic mass is 10.00. The van der Waals surface area contributed by atoms with Crippen LogP contribution in [-0.2, 0) is 16.5 Å². The van der Waals surface area contributed by atoms with E-state index in [1.165, 1.54) is 0 Å². The number of hydrogen-bond acceptors (Lipinski definition) is 3. The zero-order chi connectivity index (χ0) is 13.2. The summed E-state index contributed by atoms with van der Waals surface area (Å²) in [5, 5.41) is 2.15. The summed E-state index contributed by atoms with van der Waals surface area (Å²) in [7, 11) is -4.02. The first kappa shape index (κ1) is 13.0. The van der Waals surface area contributed by atoms with Gasteiger partial charge in [-0.1, -0.05) is 42.5 Å². The van der Waals surface area contributed by atoms with E-state index in [2.05, 4.69) is 0 Å². The van der Waals surface area contributed by atoms with E-state index in [4.69, 9.17) is 10.3 Å². The maximum atomic E-state index is 10.8. The molecule has 0 fully saturated rings. The third-order valence-electron chi connectivity index (χ3n) is 2.79. The number of fused-ring (bicyclic) bond motifs is 1. The van der Waals surface area contributed by atoms with Crippen LogP contribution in [0.5, 0.6) is 0 Å². The largest absolute Gasteiger partial charge is 0.326 e. The van der Waals surface area contributed by atoms with Gasteiger partial charge in [-0.3, -0.25) is 4.55 Å². The molecule has 4 nitrogen and oxygen atoms in total. The predicted octanol–water partition coefficient (Wildman–Crippen LogP) is 1.60. The van der Waals surface area contributed by atoms with Crippen LogP contribution in [0.3, 0.4) is 0 Å². The van der Waals surface area contributed by atoms with Crippen molar-refractivity contribution >= 4 is 20.9 Å². The molecule has 2 aromatic rings. The van der Waals surface area contributed by atoms with E-state index in [1.54, 1.807) is 0 Å². The summed E-state index contributed by atoms with van der Waals surface area (Å²) >= 11 is 0. The Morgan fingerprint density at radius 1 is 1.11 bits per heavy atom. The summed E-state index contributed by atoms with van der Waals surface area (Å²) in [6.07, 6.45) is 0.418. The molecular formula is C13H15NO3S. The number of hydrogen-bond donors (Lipinski definition) is 2. The van der Waals surface area contributed by atoms with Gasteiger partial charge >= 0.3 is 0 Å². The van der Waals surface area contributed by atoms with Crippen LogP contribution in [0.1, 0.15) is 5.56 Å². The Hall–Kier alpha value is -1.43. The van der Waals surface area contributed by atoms with Crippen molar-refractivity contribution < 1.29 is 13.0 Å². The molecule has 0 saturated carbocycles. The molecule has 0 aliphatic carbocycles. The molecule has 0 saturated heterocycles. The molecule has 3 N–H and O–H groups in total.